The zero-order chi connectivity index (χ0) is 20.7. The molecule has 0 heterocycles. The highest BCUT2D eigenvalue weighted by Gasteiger charge is 2.23. The van der Waals surface area contributed by atoms with Gasteiger partial charge in [-0.25, -0.2) is 4.79 Å². The third-order valence-corrected chi connectivity index (χ3v) is 4.64. The van der Waals surface area contributed by atoms with Crippen LogP contribution in [0.15, 0.2) is 48.5 Å². The van der Waals surface area contributed by atoms with Crippen LogP contribution in [0.1, 0.15) is 61.3 Å². The van der Waals surface area contributed by atoms with Gasteiger partial charge in [-0.2, -0.15) is 0 Å². The van der Waals surface area contributed by atoms with E-state index < -0.39 is 6.03 Å². The minimum atomic E-state index is -0.420. The Labute approximate surface area is 166 Å². The Morgan fingerprint density at radius 1 is 0.821 bits per heavy atom. The maximum Gasteiger partial charge on any atom is 0.323 e. The number of benzene rings is 2. The van der Waals surface area contributed by atoms with Gasteiger partial charge in [0.25, 0.3) is 0 Å². The Kier molecular flexibility index (Phi) is 7.50. The highest BCUT2D eigenvalue weighted by Crippen LogP contribution is 2.35. The molecular weight excluding hydrogens is 352 g/mol. The van der Waals surface area contributed by atoms with E-state index in [1.54, 1.807) is 48.5 Å². The molecule has 0 atom stereocenters. The van der Waals surface area contributed by atoms with Crippen molar-refractivity contribution in [3.05, 3.63) is 59.7 Å². The number of rotatable bonds is 5. The summed E-state index contributed by atoms with van der Waals surface area (Å²) >= 11 is 0. The molecule has 5 nitrogen and oxygen atoms in total. The van der Waals surface area contributed by atoms with Gasteiger partial charge in [-0.1, -0.05) is 26.0 Å². The topological polar surface area (TPSA) is 75.3 Å². The highest BCUT2D eigenvalue weighted by molar-refractivity contribution is 6.01. The largest absolute Gasteiger partial charge is 0.323 e. The Bertz CT molecular complexity index is 837. The number of anilines is 2. The number of amides is 2. The predicted molar refractivity (Wildman–Crippen MR) is 113 cm³/mol. The predicted octanol–water partition coefficient (Wildman–Crippen LogP) is 5.79. The molecule has 28 heavy (non-hydrogen) atoms. The van der Waals surface area contributed by atoms with Crippen molar-refractivity contribution in [3.63, 3.8) is 0 Å². The second-order valence-electron chi connectivity index (χ2n) is 7.43. The molecular formula is C23H28N2O3. The summed E-state index contributed by atoms with van der Waals surface area (Å²) < 4.78 is 0. The standard InChI is InChI=1S/C17H16N2O3.C6H12/c1-11(20)13-6-8-15(9-7-13)18-17(22)19-16-5-3-4-14(10-16)12(2)21;1-5(2)6-3-4-6/h3-10H,1-2H3,(H2,18,19,22);5-6H,3-4H2,1-2H3. The van der Waals surface area contributed by atoms with Gasteiger partial charge in [0, 0.05) is 22.5 Å². The van der Waals surface area contributed by atoms with Gasteiger partial charge in [-0.3, -0.25) is 9.59 Å². The maximum atomic E-state index is 11.9. The quantitative estimate of drug-likeness (QED) is 0.645. The van der Waals surface area contributed by atoms with Crippen molar-refractivity contribution in [2.75, 3.05) is 10.6 Å². The van der Waals surface area contributed by atoms with E-state index in [2.05, 4.69) is 24.5 Å². The monoisotopic (exact) mass is 380 g/mol. The lowest BCUT2D eigenvalue weighted by Crippen LogP contribution is -2.19. The van der Waals surface area contributed by atoms with Crippen molar-refractivity contribution in [1.82, 2.24) is 0 Å². The van der Waals surface area contributed by atoms with Crippen LogP contribution < -0.4 is 10.6 Å². The number of carbonyl (C=O) groups excluding carboxylic acids is 3. The first-order valence-corrected chi connectivity index (χ1v) is 9.56. The molecule has 0 spiro atoms. The molecule has 0 radical (unpaired) electrons. The molecule has 1 aliphatic carbocycles. The molecule has 0 unspecified atom stereocenters. The van der Waals surface area contributed by atoms with Gasteiger partial charge in [0.15, 0.2) is 11.6 Å². The van der Waals surface area contributed by atoms with Gasteiger partial charge in [0.05, 0.1) is 0 Å². The molecule has 2 aromatic rings. The molecule has 148 valence electrons. The zero-order valence-electron chi connectivity index (χ0n) is 16.9. The van der Waals surface area contributed by atoms with Gasteiger partial charge < -0.3 is 10.6 Å². The molecule has 2 amide bonds. The number of urea groups is 1. The summed E-state index contributed by atoms with van der Waals surface area (Å²) in [7, 11) is 0. The van der Waals surface area contributed by atoms with Crippen LogP contribution in [0.25, 0.3) is 0 Å². The van der Waals surface area contributed by atoms with Crippen LogP contribution in [0.2, 0.25) is 0 Å². The lowest BCUT2D eigenvalue weighted by molar-refractivity contribution is 0.100. The van der Waals surface area contributed by atoms with Crippen LogP contribution in [-0.4, -0.2) is 17.6 Å². The van der Waals surface area contributed by atoms with Gasteiger partial charge in [0.2, 0.25) is 0 Å². The first-order chi connectivity index (χ1) is 13.3. The minimum absolute atomic E-state index is 0.0305. The summed E-state index contributed by atoms with van der Waals surface area (Å²) in [6, 6.07) is 12.9. The number of carbonyl (C=O) groups is 3. The molecule has 5 heteroatoms. The fraction of sp³-hybridized carbons (Fsp3) is 0.348. The molecule has 3 rings (SSSR count). The van der Waals surface area contributed by atoms with Crippen molar-refractivity contribution < 1.29 is 14.4 Å². The van der Waals surface area contributed by atoms with Crippen molar-refractivity contribution in [1.29, 1.82) is 0 Å². The van der Waals surface area contributed by atoms with Crippen molar-refractivity contribution >= 4 is 29.0 Å². The third kappa shape index (κ3) is 6.99. The average Bonchev–Trinajstić information content (AvgIpc) is 3.48. The normalized spacial score (nSPS) is 12.6. The van der Waals surface area contributed by atoms with E-state index >= 15 is 0 Å². The van der Waals surface area contributed by atoms with Gasteiger partial charge in [-0.15, -0.1) is 0 Å². The van der Waals surface area contributed by atoms with Gasteiger partial charge in [-0.05, 0) is 74.9 Å². The van der Waals surface area contributed by atoms with Crippen LogP contribution in [0, 0.1) is 11.8 Å². The second kappa shape index (κ2) is 9.83. The molecule has 0 bridgehead atoms. The van der Waals surface area contributed by atoms with E-state index in [4.69, 9.17) is 0 Å². The van der Waals surface area contributed by atoms with E-state index in [9.17, 15) is 14.4 Å². The Hall–Kier alpha value is -2.95. The number of nitrogens with one attached hydrogen (secondary N) is 2. The Balaban J connectivity index is 0.000000397. The van der Waals surface area contributed by atoms with E-state index in [1.807, 2.05) is 0 Å². The number of ketones is 2. The number of hydrogen-bond acceptors (Lipinski definition) is 3. The zero-order valence-corrected chi connectivity index (χ0v) is 16.9. The van der Waals surface area contributed by atoms with Gasteiger partial charge in [0.1, 0.15) is 0 Å². The minimum Gasteiger partial charge on any atom is -0.308 e. The average molecular weight is 380 g/mol. The SMILES string of the molecule is CC(=O)c1ccc(NC(=O)Nc2cccc(C(C)=O)c2)cc1.CC(C)C1CC1. The first-order valence-electron chi connectivity index (χ1n) is 9.56. The van der Waals surface area contributed by atoms with Crippen molar-refractivity contribution in [3.8, 4) is 0 Å². The van der Waals surface area contributed by atoms with Crippen LogP contribution in [0.5, 0.6) is 0 Å². The lowest BCUT2D eigenvalue weighted by atomic mass is 10.1. The molecule has 1 saturated carbocycles. The molecule has 2 N–H and O–H groups in total. The van der Waals surface area contributed by atoms with Crippen LogP contribution >= 0.6 is 0 Å². The highest BCUT2D eigenvalue weighted by atomic mass is 16.2. The van der Waals surface area contributed by atoms with E-state index in [0.717, 1.165) is 11.8 Å². The van der Waals surface area contributed by atoms with Crippen LogP contribution in [0.4, 0.5) is 16.2 Å². The summed E-state index contributed by atoms with van der Waals surface area (Å²) in [5, 5.41) is 5.31. The molecule has 2 aromatic carbocycles. The third-order valence-electron chi connectivity index (χ3n) is 4.64. The first kappa shape index (κ1) is 21.4. The van der Waals surface area contributed by atoms with Gasteiger partial charge >= 0.3 is 6.03 Å². The molecule has 1 fully saturated rings. The summed E-state index contributed by atoms with van der Waals surface area (Å²) in [6.07, 6.45) is 3.00. The van der Waals surface area contributed by atoms with Crippen LogP contribution in [0.3, 0.4) is 0 Å². The molecule has 0 aliphatic heterocycles. The maximum absolute atomic E-state index is 11.9. The van der Waals surface area contributed by atoms with E-state index in [0.29, 0.717) is 22.5 Å². The van der Waals surface area contributed by atoms with E-state index in [1.165, 1.54) is 26.7 Å². The molecule has 1 aliphatic rings. The van der Waals surface area contributed by atoms with Crippen LogP contribution in [-0.2, 0) is 0 Å². The molecule has 0 saturated heterocycles. The number of Topliss-reactive ketones (excluding diaryl/α,β-unsaturated/α-hetero) is 2. The molecule has 0 aromatic heterocycles. The Morgan fingerprint density at radius 2 is 1.39 bits per heavy atom. The van der Waals surface area contributed by atoms with Crippen molar-refractivity contribution in [2.24, 2.45) is 11.8 Å². The number of hydrogen-bond donors (Lipinski definition) is 2. The van der Waals surface area contributed by atoms with E-state index in [-0.39, 0.29) is 11.6 Å². The fourth-order valence-electron chi connectivity index (χ4n) is 2.66. The van der Waals surface area contributed by atoms with Crippen molar-refractivity contribution in [2.45, 2.75) is 40.5 Å². The lowest BCUT2D eigenvalue weighted by Gasteiger charge is -2.08. The Morgan fingerprint density at radius 3 is 1.86 bits per heavy atom. The fourth-order valence-corrected chi connectivity index (χ4v) is 2.66. The summed E-state index contributed by atoms with van der Waals surface area (Å²) in [5.41, 5.74) is 2.22. The summed E-state index contributed by atoms with van der Waals surface area (Å²) in [6.45, 7) is 7.56. The summed E-state index contributed by atoms with van der Waals surface area (Å²) in [5.74, 6) is 1.97. The summed E-state index contributed by atoms with van der Waals surface area (Å²) in [4.78, 5) is 34.4. The second-order valence-corrected chi connectivity index (χ2v) is 7.43. The smallest absolute Gasteiger partial charge is 0.308 e.